The van der Waals surface area contributed by atoms with Crippen LogP contribution < -0.4 is 0 Å². The lowest BCUT2D eigenvalue weighted by Crippen LogP contribution is -2.18. The van der Waals surface area contributed by atoms with E-state index in [1.54, 1.807) is 13.0 Å². The topological polar surface area (TPSA) is 66.6 Å². The number of nitrogens with zero attached hydrogens (tertiary/aromatic N) is 2. The minimum Gasteiger partial charge on any atom is -0.478 e. The summed E-state index contributed by atoms with van der Waals surface area (Å²) in [5.41, 5.74) is 2.48. The smallest absolute Gasteiger partial charge is 0.328 e. The molecule has 1 N–H and O–H groups in total. The van der Waals surface area contributed by atoms with Gasteiger partial charge in [0.15, 0.2) is 11.5 Å². The van der Waals surface area contributed by atoms with Crippen molar-refractivity contribution in [3.05, 3.63) is 41.8 Å². The van der Waals surface area contributed by atoms with E-state index in [2.05, 4.69) is 4.98 Å². The Kier molecular flexibility index (Phi) is 3.66. The van der Waals surface area contributed by atoms with Crippen molar-refractivity contribution in [3.8, 4) is 0 Å². The number of fused-ring (bicyclic) bond motifs is 1. The van der Waals surface area contributed by atoms with Crippen LogP contribution >= 0.6 is 0 Å². The van der Waals surface area contributed by atoms with Crippen LogP contribution in [0.3, 0.4) is 0 Å². The Morgan fingerprint density at radius 2 is 2.21 bits per heavy atom. The number of hydrogen-bond acceptors (Lipinski definition) is 4. The lowest BCUT2D eigenvalue weighted by molar-refractivity contribution is -0.131. The summed E-state index contributed by atoms with van der Waals surface area (Å²) >= 11 is 0. The van der Waals surface area contributed by atoms with Crippen molar-refractivity contribution in [1.29, 1.82) is 0 Å². The van der Waals surface area contributed by atoms with E-state index in [1.165, 1.54) is 0 Å². The molecule has 1 heterocycles. The molecule has 1 unspecified atom stereocenters. The van der Waals surface area contributed by atoms with Crippen LogP contribution in [0.5, 0.6) is 0 Å². The quantitative estimate of drug-likeness (QED) is 0.855. The van der Waals surface area contributed by atoms with Gasteiger partial charge in [-0.25, -0.2) is 9.78 Å². The molecule has 0 spiro atoms. The molecule has 2 rings (SSSR count). The molecule has 0 fully saturated rings. The highest BCUT2D eigenvalue weighted by molar-refractivity contribution is 5.80. The fourth-order valence-electron chi connectivity index (χ4n) is 2.00. The fourth-order valence-corrected chi connectivity index (χ4v) is 2.00. The van der Waals surface area contributed by atoms with Gasteiger partial charge in [0.2, 0.25) is 0 Å². The second kappa shape index (κ2) is 5.24. The predicted molar refractivity (Wildman–Crippen MR) is 71.9 cm³/mol. The molecule has 0 saturated carbocycles. The van der Waals surface area contributed by atoms with Gasteiger partial charge in [-0.05, 0) is 31.8 Å². The molecule has 5 heteroatoms. The van der Waals surface area contributed by atoms with E-state index in [0.717, 1.165) is 17.2 Å². The number of carbonyl (C=O) groups is 1. The van der Waals surface area contributed by atoms with E-state index < -0.39 is 5.97 Å². The minimum atomic E-state index is -0.955. The van der Waals surface area contributed by atoms with E-state index in [0.29, 0.717) is 11.5 Å². The average molecular weight is 260 g/mol. The maximum atomic E-state index is 10.6. The molecule has 1 aromatic heterocycles. The molecule has 0 saturated heterocycles. The van der Waals surface area contributed by atoms with Gasteiger partial charge in [0.1, 0.15) is 5.52 Å². The van der Waals surface area contributed by atoms with E-state index in [4.69, 9.17) is 9.52 Å². The lowest BCUT2D eigenvalue weighted by Gasteiger charge is -2.21. The number of hydrogen-bond donors (Lipinski definition) is 1. The lowest BCUT2D eigenvalue weighted by atomic mass is 10.0. The summed E-state index contributed by atoms with van der Waals surface area (Å²) in [4.78, 5) is 16.8. The Morgan fingerprint density at radius 3 is 2.84 bits per heavy atom. The molecule has 19 heavy (non-hydrogen) atoms. The molecule has 0 aliphatic rings. The van der Waals surface area contributed by atoms with Gasteiger partial charge in [-0.15, -0.1) is 0 Å². The first-order chi connectivity index (χ1) is 8.97. The first-order valence-electron chi connectivity index (χ1n) is 5.92. The molecule has 0 aliphatic heterocycles. The van der Waals surface area contributed by atoms with Crippen LogP contribution in [0, 0.1) is 6.92 Å². The zero-order valence-electron chi connectivity index (χ0n) is 11.1. The van der Waals surface area contributed by atoms with Gasteiger partial charge in [0.25, 0.3) is 0 Å². The summed E-state index contributed by atoms with van der Waals surface area (Å²) in [6.45, 7) is 1.80. The maximum Gasteiger partial charge on any atom is 0.328 e. The average Bonchev–Trinajstić information content (AvgIpc) is 2.67. The van der Waals surface area contributed by atoms with E-state index >= 15 is 0 Å². The van der Waals surface area contributed by atoms with Crippen molar-refractivity contribution in [1.82, 2.24) is 9.88 Å². The highest BCUT2D eigenvalue weighted by Crippen LogP contribution is 2.24. The number of aliphatic carboxylic acids is 1. The van der Waals surface area contributed by atoms with Crippen LogP contribution in [-0.2, 0) is 4.79 Å². The Balaban J connectivity index is 2.40. The summed E-state index contributed by atoms with van der Waals surface area (Å²) in [5, 5.41) is 8.73. The molecule has 1 atom stereocenters. The van der Waals surface area contributed by atoms with E-state index in [1.807, 2.05) is 37.2 Å². The largest absolute Gasteiger partial charge is 0.478 e. The molecule has 0 aliphatic carbocycles. The number of likely N-dealkylation sites (N-methyl/N-ethyl adjacent to an activating group) is 1. The highest BCUT2D eigenvalue weighted by atomic mass is 16.4. The van der Waals surface area contributed by atoms with Crippen LogP contribution in [-0.4, -0.2) is 35.1 Å². The normalized spacial score (nSPS) is 13.5. The van der Waals surface area contributed by atoms with Crippen molar-refractivity contribution in [2.24, 2.45) is 0 Å². The molecule has 5 nitrogen and oxygen atoms in total. The van der Waals surface area contributed by atoms with Crippen molar-refractivity contribution in [2.75, 3.05) is 14.1 Å². The Bertz CT molecular complexity index is 629. The second-order valence-corrected chi connectivity index (χ2v) is 4.57. The van der Waals surface area contributed by atoms with Crippen molar-refractivity contribution in [3.63, 3.8) is 0 Å². The van der Waals surface area contributed by atoms with E-state index in [-0.39, 0.29) is 6.04 Å². The number of oxazole rings is 1. The summed E-state index contributed by atoms with van der Waals surface area (Å²) in [6.07, 6.45) is 2.80. The Morgan fingerprint density at radius 1 is 1.47 bits per heavy atom. The SMILES string of the molecule is Cc1nc2ccc(C(/C=C/C(=O)O)N(C)C)cc2o1. The van der Waals surface area contributed by atoms with Gasteiger partial charge in [-0.3, -0.25) is 4.90 Å². The molecule has 2 aromatic rings. The third-order valence-corrected chi connectivity index (χ3v) is 2.84. The summed E-state index contributed by atoms with van der Waals surface area (Å²) in [6, 6.07) is 5.59. The first-order valence-corrected chi connectivity index (χ1v) is 5.92. The number of aromatic nitrogens is 1. The van der Waals surface area contributed by atoms with Gasteiger partial charge in [-0.2, -0.15) is 0 Å². The summed E-state index contributed by atoms with van der Waals surface area (Å²) < 4.78 is 5.49. The third kappa shape index (κ3) is 3.00. The second-order valence-electron chi connectivity index (χ2n) is 4.57. The number of carboxylic acids is 1. The van der Waals surface area contributed by atoms with Gasteiger partial charge in [-0.1, -0.05) is 12.1 Å². The Hall–Kier alpha value is -2.14. The number of benzene rings is 1. The standard InChI is InChI=1S/C14H16N2O3/c1-9-15-11-5-4-10(8-13(11)19-9)12(16(2)3)6-7-14(17)18/h4-8,12H,1-3H3,(H,17,18)/b7-6+. The molecule has 0 radical (unpaired) electrons. The molecular weight excluding hydrogens is 244 g/mol. The van der Waals surface area contributed by atoms with Crippen LogP contribution in [0.1, 0.15) is 17.5 Å². The first kappa shape index (κ1) is 13.3. The maximum absolute atomic E-state index is 10.6. The molecule has 1 aromatic carbocycles. The fraction of sp³-hybridized carbons (Fsp3) is 0.286. The number of aryl methyl sites for hydroxylation is 1. The third-order valence-electron chi connectivity index (χ3n) is 2.84. The van der Waals surface area contributed by atoms with Crippen LogP contribution in [0.15, 0.2) is 34.8 Å². The van der Waals surface area contributed by atoms with Gasteiger partial charge in [0.05, 0.1) is 6.04 Å². The Labute approximate surface area is 111 Å². The monoisotopic (exact) mass is 260 g/mol. The van der Waals surface area contributed by atoms with Crippen LogP contribution in [0.2, 0.25) is 0 Å². The number of carboxylic acid groups (broad SMARTS) is 1. The van der Waals surface area contributed by atoms with Gasteiger partial charge < -0.3 is 9.52 Å². The van der Waals surface area contributed by atoms with Crippen LogP contribution in [0.4, 0.5) is 0 Å². The van der Waals surface area contributed by atoms with Gasteiger partial charge in [0, 0.05) is 13.0 Å². The van der Waals surface area contributed by atoms with Crippen molar-refractivity contribution < 1.29 is 14.3 Å². The van der Waals surface area contributed by atoms with Crippen molar-refractivity contribution in [2.45, 2.75) is 13.0 Å². The molecular formula is C14H16N2O3. The minimum absolute atomic E-state index is 0.120. The molecule has 0 bridgehead atoms. The summed E-state index contributed by atoms with van der Waals surface area (Å²) in [5.74, 6) is -0.335. The van der Waals surface area contributed by atoms with Crippen LogP contribution in [0.25, 0.3) is 11.1 Å². The van der Waals surface area contributed by atoms with Gasteiger partial charge >= 0.3 is 5.97 Å². The predicted octanol–water partition coefficient (Wildman–Crippen LogP) is 2.38. The highest BCUT2D eigenvalue weighted by Gasteiger charge is 2.13. The van der Waals surface area contributed by atoms with Crippen molar-refractivity contribution >= 4 is 17.1 Å². The zero-order valence-corrected chi connectivity index (χ0v) is 11.1. The number of rotatable bonds is 4. The summed E-state index contributed by atoms with van der Waals surface area (Å²) in [7, 11) is 3.79. The molecule has 100 valence electrons. The van der Waals surface area contributed by atoms with E-state index in [9.17, 15) is 4.79 Å². The zero-order chi connectivity index (χ0) is 14.0. The molecule has 0 amide bonds.